The van der Waals surface area contributed by atoms with Crippen molar-refractivity contribution in [2.75, 3.05) is 0 Å². The van der Waals surface area contributed by atoms with Gasteiger partial charge in [0.25, 0.3) is 0 Å². The topological polar surface area (TPSA) is 43.4 Å². The molecule has 8 heteroatoms. The average Bonchev–Trinajstić information content (AvgIpc) is 2.49. The lowest BCUT2D eigenvalue weighted by molar-refractivity contribution is -0.117. The number of hydrogen-bond acceptors (Lipinski definition) is 3. The molecular weight excluding hydrogens is 417 g/mol. The van der Waals surface area contributed by atoms with Crippen LogP contribution in [0.2, 0.25) is 25.1 Å². The van der Waals surface area contributed by atoms with E-state index in [1.165, 1.54) is 6.08 Å². The number of benzene rings is 1. The molecule has 1 aromatic rings. The lowest BCUT2D eigenvalue weighted by atomic mass is 9.81. The maximum Gasteiger partial charge on any atom is 0.225 e. The molecule has 0 bridgehead atoms. The number of carbonyl (C=O) groups excluding carboxylic acids is 2. The highest BCUT2D eigenvalue weighted by Crippen LogP contribution is 2.49. The van der Waals surface area contributed by atoms with Crippen molar-refractivity contribution in [3.05, 3.63) is 48.6 Å². The second kappa shape index (κ2) is 6.89. The zero-order valence-electron chi connectivity index (χ0n) is 12.8. The van der Waals surface area contributed by atoms with E-state index in [1.54, 1.807) is 0 Å². The molecule has 0 radical (unpaired) electrons. The number of carbonyl (C=O) groups is 2. The first kappa shape index (κ1) is 19.6. The summed E-state index contributed by atoms with van der Waals surface area (Å²) in [4.78, 5) is 24.5. The van der Waals surface area contributed by atoms with E-state index < -0.39 is 11.2 Å². The van der Waals surface area contributed by atoms with Gasteiger partial charge in [0.1, 0.15) is 10.0 Å². The number of rotatable bonds is 2. The zero-order chi connectivity index (χ0) is 18.4. The van der Waals surface area contributed by atoms with Gasteiger partial charge in [0.15, 0.2) is 17.3 Å². The van der Waals surface area contributed by atoms with Crippen LogP contribution >= 0.6 is 58.0 Å². The Morgan fingerprint density at radius 1 is 0.792 bits per heavy atom. The predicted octanol–water partition coefficient (Wildman–Crippen LogP) is 6.34. The molecule has 0 amide bonds. The Kier molecular flexibility index (Phi) is 5.63. The summed E-state index contributed by atoms with van der Waals surface area (Å²) in [6, 6.07) is 0. The van der Waals surface area contributed by atoms with E-state index in [2.05, 4.69) is 0 Å². The predicted molar refractivity (Wildman–Crippen MR) is 97.8 cm³/mol. The Morgan fingerprint density at radius 2 is 1.25 bits per heavy atom. The normalized spacial score (nSPS) is 15.3. The standard InChI is InChI=1S/C16H11Cl5O3/c1-16(2,3)7-4-6(22)5-8(14(7)23)24-15-12(20)10(18)9(17)11(19)13(15)21/h4-5H,1-3H3. The molecule has 1 aliphatic carbocycles. The minimum atomic E-state index is -0.543. The van der Waals surface area contributed by atoms with E-state index in [9.17, 15) is 9.59 Å². The molecule has 0 N–H and O–H groups in total. The van der Waals surface area contributed by atoms with Crippen LogP contribution in [0.1, 0.15) is 20.8 Å². The van der Waals surface area contributed by atoms with E-state index in [0.717, 1.165) is 6.08 Å². The molecule has 1 aliphatic rings. The second-order valence-corrected chi connectivity index (χ2v) is 7.94. The Morgan fingerprint density at radius 3 is 1.71 bits per heavy atom. The molecule has 2 rings (SSSR count). The second-order valence-electron chi connectivity index (χ2n) is 6.05. The van der Waals surface area contributed by atoms with Crippen molar-refractivity contribution in [2.24, 2.45) is 5.41 Å². The maximum atomic E-state index is 12.6. The minimum absolute atomic E-state index is 0.0315. The SMILES string of the molecule is CC(C)(C)C1=CC(=O)C=C(Oc2c(Cl)c(Cl)c(Cl)c(Cl)c2Cl)C1=O. The first-order valence-electron chi connectivity index (χ1n) is 6.67. The molecule has 1 aromatic carbocycles. The quantitative estimate of drug-likeness (QED) is 0.314. The largest absolute Gasteiger partial charge is 0.450 e. The van der Waals surface area contributed by atoms with Crippen molar-refractivity contribution < 1.29 is 14.3 Å². The summed E-state index contributed by atoms with van der Waals surface area (Å²) in [5, 5.41) is -0.377. The fourth-order valence-electron chi connectivity index (χ4n) is 1.99. The molecule has 0 fully saturated rings. The van der Waals surface area contributed by atoms with Gasteiger partial charge in [-0.3, -0.25) is 9.59 Å². The smallest absolute Gasteiger partial charge is 0.225 e. The third-order valence-electron chi connectivity index (χ3n) is 3.22. The third-order valence-corrected chi connectivity index (χ3v) is 5.46. The van der Waals surface area contributed by atoms with Gasteiger partial charge in [-0.15, -0.1) is 0 Å². The van der Waals surface area contributed by atoms with Crippen molar-refractivity contribution in [1.82, 2.24) is 0 Å². The van der Waals surface area contributed by atoms with Gasteiger partial charge in [0.2, 0.25) is 5.78 Å². The van der Waals surface area contributed by atoms with E-state index in [-0.39, 0.29) is 42.4 Å². The summed E-state index contributed by atoms with van der Waals surface area (Å²) >= 11 is 30.0. The van der Waals surface area contributed by atoms with Crippen LogP contribution in [0.25, 0.3) is 0 Å². The Hall–Kier alpha value is -0.710. The molecule has 128 valence electrons. The number of Topliss-reactive ketones (excluding diaryl/α,β-unsaturated/α-hetero) is 1. The fourth-order valence-corrected chi connectivity index (χ4v) is 3.19. The first-order valence-corrected chi connectivity index (χ1v) is 8.56. The highest BCUT2D eigenvalue weighted by Gasteiger charge is 2.33. The molecule has 0 aliphatic heterocycles. The Balaban J connectivity index is 2.50. The lowest BCUT2D eigenvalue weighted by Crippen LogP contribution is -2.26. The van der Waals surface area contributed by atoms with E-state index >= 15 is 0 Å². The van der Waals surface area contributed by atoms with E-state index in [1.807, 2.05) is 20.8 Å². The monoisotopic (exact) mass is 426 g/mol. The molecule has 0 saturated heterocycles. The van der Waals surface area contributed by atoms with Gasteiger partial charge in [-0.1, -0.05) is 78.8 Å². The summed E-state index contributed by atoms with van der Waals surface area (Å²) in [6.07, 6.45) is 2.33. The molecule has 3 nitrogen and oxygen atoms in total. The summed E-state index contributed by atoms with van der Waals surface area (Å²) < 4.78 is 5.50. The van der Waals surface area contributed by atoms with Crippen molar-refractivity contribution in [1.29, 1.82) is 0 Å². The van der Waals surface area contributed by atoms with Gasteiger partial charge in [0, 0.05) is 11.6 Å². The number of hydrogen-bond donors (Lipinski definition) is 0. The molecule has 0 spiro atoms. The van der Waals surface area contributed by atoms with Crippen LogP contribution in [0.4, 0.5) is 0 Å². The van der Waals surface area contributed by atoms with Gasteiger partial charge >= 0.3 is 0 Å². The van der Waals surface area contributed by atoms with Gasteiger partial charge in [-0.2, -0.15) is 0 Å². The van der Waals surface area contributed by atoms with Gasteiger partial charge in [0.05, 0.1) is 15.1 Å². The molecule has 0 atom stereocenters. The number of halogens is 5. The Labute approximate surface area is 164 Å². The molecular formula is C16H11Cl5O3. The molecule has 0 unspecified atom stereocenters. The van der Waals surface area contributed by atoms with Crippen molar-refractivity contribution in [3.8, 4) is 5.75 Å². The summed E-state index contributed by atoms with van der Waals surface area (Å²) in [7, 11) is 0. The maximum absolute atomic E-state index is 12.6. The number of ether oxygens (including phenoxy) is 1. The van der Waals surface area contributed by atoms with Crippen LogP contribution in [0.15, 0.2) is 23.5 Å². The highest BCUT2D eigenvalue weighted by atomic mass is 35.5. The summed E-state index contributed by atoms with van der Waals surface area (Å²) in [5.41, 5.74) is -0.234. The number of ketones is 2. The average molecular weight is 429 g/mol. The first-order chi connectivity index (χ1) is 10.9. The molecule has 0 saturated carbocycles. The van der Waals surface area contributed by atoms with Crippen LogP contribution in [-0.2, 0) is 9.59 Å². The van der Waals surface area contributed by atoms with Crippen molar-refractivity contribution in [3.63, 3.8) is 0 Å². The van der Waals surface area contributed by atoms with Crippen LogP contribution < -0.4 is 4.74 Å². The van der Waals surface area contributed by atoms with E-state index in [4.69, 9.17) is 62.7 Å². The fraction of sp³-hybridized carbons (Fsp3) is 0.250. The van der Waals surface area contributed by atoms with Crippen molar-refractivity contribution >= 4 is 69.6 Å². The number of allylic oxidation sites excluding steroid dienone is 3. The van der Waals surface area contributed by atoms with E-state index in [0.29, 0.717) is 5.57 Å². The van der Waals surface area contributed by atoms with Crippen LogP contribution in [-0.4, -0.2) is 11.6 Å². The van der Waals surface area contributed by atoms with Gasteiger partial charge < -0.3 is 4.74 Å². The van der Waals surface area contributed by atoms with Gasteiger partial charge in [-0.25, -0.2) is 0 Å². The van der Waals surface area contributed by atoms with Crippen LogP contribution in [0.5, 0.6) is 5.75 Å². The van der Waals surface area contributed by atoms with Crippen LogP contribution in [0, 0.1) is 5.41 Å². The Bertz CT molecular complexity index is 787. The molecule has 0 aromatic heterocycles. The molecule has 0 heterocycles. The lowest BCUT2D eigenvalue weighted by Gasteiger charge is -2.25. The molecule has 24 heavy (non-hydrogen) atoms. The van der Waals surface area contributed by atoms with Crippen molar-refractivity contribution in [2.45, 2.75) is 20.8 Å². The zero-order valence-corrected chi connectivity index (χ0v) is 16.5. The minimum Gasteiger partial charge on any atom is -0.450 e. The van der Waals surface area contributed by atoms with Gasteiger partial charge in [-0.05, 0) is 11.5 Å². The van der Waals surface area contributed by atoms with Crippen LogP contribution in [0.3, 0.4) is 0 Å². The highest BCUT2D eigenvalue weighted by molar-refractivity contribution is 6.55. The third kappa shape index (κ3) is 3.61. The summed E-state index contributed by atoms with van der Waals surface area (Å²) in [5.74, 6) is -1.18. The summed E-state index contributed by atoms with van der Waals surface area (Å²) in [6.45, 7) is 5.43.